The van der Waals surface area contributed by atoms with Gasteiger partial charge in [0.25, 0.3) is 11.8 Å². The monoisotopic (exact) mass is 326 g/mol. The fraction of sp³-hybridized carbons (Fsp3) is 0.625. The van der Waals surface area contributed by atoms with Crippen molar-refractivity contribution in [1.29, 1.82) is 0 Å². The molecule has 0 aliphatic rings. The SMILES string of the molecule is CC[NH+](CC(=O)N[C@@H](C)c1cccs1)CC(=O)NC(C)(C)C. The number of carbonyl (C=O) groups is 2. The molecule has 1 unspecified atom stereocenters. The van der Waals surface area contributed by atoms with E-state index in [1.54, 1.807) is 11.3 Å². The van der Waals surface area contributed by atoms with Gasteiger partial charge in [0.05, 0.1) is 12.6 Å². The van der Waals surface area contributed by atoms with Gasteiger partial charge in [0.2, 0.25) is 0 Å². The van der Waals surface area contributed by atoms with Crippen LogP contribution in [0.25, 0.3) is 0 Å². The Morgan fingerprint density at radius 1 is 1.27 bits per heavy atom. The molecule has 0 fully saturated rings. The van der Waals surface area contributed by atoms with Crippen molar-refractivity contribution in [2.24, 2.45) is 0 Å². The summed E-state index contributed by atoms with van der Waals surface area (Å²) < 4.78 is 0. The van der Waals surface area contributed by atoms with E-state index in [2.05, 4.69) is 10.6 Å². The second-order valence-corrected chi connectivity index (χ2v) is 7.54. The topological polar surface area (TPSA) is 62.6 Å². The van der Waals surface area contributed by atoms with Gasteiger partial charge in [0.15, 0.2) is 13.1 Å². The maximum absolute atomic E-state index is 12.1. The van der Waals surface area contributed by atoms with Gasteiger partial charge in [-0.05, 0) is 46.1 Å². The Bertz CT molecular complexity index is 480. The van der Waals surface area contributed by atoms with E-state index >= 15 is 0 Å². The standard InChI is InChI=1S/C16H27N3O2S/c1-6-19(11-15(21)18-16(3,4)5)10-14(20)17-12(2)13-8-7-9-22-13/h7-9,12H,6,10-11H2,1-5H3,(H,17,20)(H,18,21)/p+1/t12-/m0/s1. The maximum atomic E-state index is 12.1. The lowest BCUT2D eigenvalue weighted by molar-refractivity contribution is -0.881. The summed E-state index contributed by atoms with van der Waals surface area (Å²) in [5, 5.41) is 7.92. The van der Waals surface area contributed by atoms with E-state index in [4.69, 9.17) is 0 Å². The molecule has 0 spiro atoms. The molecule has 0 aliphatic carbocycles. The number of nitrogens with one attached hydrogen (secondary N) is 3. The molecular formula is C16H28N3O2S+. The Morgan fingerprint density at radius 3 is 2.41 bits per heavy atom. The lowest BCUT2D eigenvalue weighted by atomic mass is 10.1. The molecule has 2 atom stereocenters. The molecule has 1 aromatic rings. The smallest absolute Gasteiger partial charge is 0.275 e. The Kier molecular flexibility index (Phi) is 7.03. The maximum Gasteiger partial charge on any atom is 0.275 e. The molecule has 0 bridgehead atoms. The van der Waals surface area contributed by atoms with Crippen molar-refractivity contribution in [3.05, 3.63) is 22.4 Å². The Labute approximate surface area is 137 Å². The molecule has 2 amide bonds. The number of likely N-dealkylation sites (N-methyl/N-ethyl adjacent to an activating group) is 1. The first kappa shape index (κ1) is 18.6. The van der Waals surface area contributed by atoms with Crippen molar-refractivity contribution in [3.8, 4) is 0 Å². The van der Waals surface area contributed by atoms with Crippen molar-refractivity contribution < 1.29 is 14.5 Å². The third kappa shape index (κ3) is 7.04. The third-order valence-corrected chi connectivity index (χ3v) is 4.24. The van der Waals surface area contributed by atoms with E-state index in [-0.39, 0.29) is 23.4 Å². The van der Waals surface area contributed by atoms with Crippen LogP contribution in [0.15, 0.2) is 17.5 Å². The molecular weight excluding hydrogens is 298 g/mol. The van der Waals surface area contributed by atoms with Crippen LogP contribution >= 0.6 is 11.3 Å². The molecule has 0 saturated heterocycles. The summed E-state index contributed by atoms with van der Waals surface area (Å²) in [4.78, 5) is 26.2. The molecule has 1 rings (SSSR count). The number of thiophene rings is 1. The summed E-state index contributed by atoms with van der Waals surface area (Å²) in [7, 11) is 0. The van der Waals surface area contributed by atoms with Crippen LogP contribution in [0.2, 0.25) is 0 Å². The van der Waals surface area contributed by atoms with E-state index in [9.17, 15) is 9.59 Å². The Morgan fingerprint density at radius 2 is 1.91 bits per heavy atom. The number of quaternary nitrogens is 1. The van der Waals surface area contributed by atoms with Crippen molar-refractivity contribution in [1.82, 2.24) is 10.6 Å². The van der Waals surface area contributed by atoms with Crippen LogP contribution in [0.4, 0.5) is 0 Å². The van der Waals surface area contributed by atoms with Gasteiger partial charge in [-0.15, -0.1) is 11.3 Å². The normalized spacial score (nSPS) is 14.2. The second kappa shape index (κ2) is 8.29. The highest BCUT2D eigenvalue weighted by Crippen LogP contribution is 2.17. The van der Waals surface area contributed by atoms with Crippen LogP contribution in [0.1, 0.15) is 45.5 Å². The minimum atomic E-state index is -0.244. The molecule has 3 N–H and O–H groups in total. The molecule has 1 aromatic heterocycles. The average Bonchev–Trinajstić information content (AvgIpc) is 2.89. The number of carbonyl (C=O) groups excluding carboxylic acids is 2. The lowest BCUT2D eigenvalue weighted by Gasteiger charge is -2.23. The average molecular weight is 326 g/mol. The highest BCUT2D eigenvalue weighted by molar-refractivity contribution is 7.10. The summed E-state index contributed by atoms with van der Waals surface area (Å²) in [6.07, 6.45) is 0. The fourth-order valence-corrected chi connectivity index (χ4v) is 2.86. The highest BCUT2D eigenvalue weighted by atomic mass is 32.1. The minimum absolute atomic E-state index is 0.00834. The van der Waals surface area contributed by atoms with E-state index in [1.165, 1.54) is 0 Å². The van der Waals surface area contributed by atoms with Gasteiger partial charge in [-0.2, -0.15) is 0 Å². The zero-order chi connectivity index (χ0) is 16.8. The summed E-state index contributed by atoms with van der Waals surface area (Å²) in [5.74, 6) is -0.0511. The first-order chi connectivity index (χ1) is 10.2. The van der Waals surface area contributed by atoms with Gasteiger partial charge in [-0.3, -0.25) is 9.59 Å². The summed E-state index contributed by atoms with van der Waals surface area (Å²) in [5.41, 5.74) is -0.244. The van der Waals surface area contributed by atoms with E-state index in [0.717, 1.165) is 16.3 Å². The molecule has 5 nitrogen and oxygen atoms in total. The molecule has 124 valence electrons. The molecule has 0 aliphatic heterocycles. The predicted molar refractivity (Wildman–Crippen MR) is 90.0 cm³/mol. The zero-order valence-electron chi connectivity index (χ0n) is 14.2. The largest absolute Gasteiger partial charge is 0.347 e. The third-order valence-electron chi connectivity index (χ3n) is 3.18. The van der Waals surface area contributed by atoms with Gasteiger partial charge in [0, 0.05) is 10.4 Å². The van der Waals surface area contributed by atoms with Crippen LogP contribution in [0, 0.1) is 0 Å². The summed E-state index contributed by atoms with van der Waals surface area (Å²) in [6.45, 7) is 11.2. The van der Waals surface area contributed by atoms with Crippen molar-refractivity contribution in [3.63, 3.8) is 0 Å². The van der Waals surface area contributed by atoms with E-state index in [1.807, 2.05) is 52.1 Å². The number of hydrogen-bond acceptors (Lipinski definition) is 3. The van der Waals surface area contributed by atoms with Crippen LogP contribution < -0.4 is 15.5 Å². The van der Waals surface area contributed by atoms with E-state index in [0.29, 0.717) is 13.1 Å². The van der Waals surface area contributed by atoms with Crippen LogP contribution in [0.5, 0.6) is 0 Å². The van der Waals surface area contributed by atoms with Gasteiger partial charge < -0.3 is 15.5 Å². The van der Waals surface area contributed by atoms with Crippen molar-refractivity contribution >= 4 is 23.2 Å². The number of rotatable bonds is 7. The summed E-state index contributed by atoms with van der Waals surface area (Å²) >= 11 is 1.63. The number of amides is 2. The van der Waals surface area contributed by atoms with E-state index < -0.39 is 0 Å². The molecule has 1 heterocycles. The molecule has 0 aromatic carbocycles. The summed E-state index contributed by atoms with van der Waals surface area (Å²) in [6, 6.07) is 3.99. The quantitative estimate of drug-likeness (QED) is 0.692. The van der Waals surface area contributed by atoms with Crippen LogP contribution in [-0.2, 0) is 9.59 Å². The fourth-order valence-electron chi connectivity index (χ4n) is 2.13. The van der Waals surface area contributed by atoms with Crippen molar-refractivity contribution in [2.45, 2.75) is 46.2 Å². The Balaban J connectivity index is 2.44. The van der Waals surface area contributed by atoms with Crippen LogP contribution in [0.3, 0.4) is 0 Å². The van der Waals surface area contributed by atoms with Gasteiger partial charge in [-0.1, -0.05) is 6.07 Å². The molecule has 0 saturated carbocycles. The predicted octanol–water partition coefficient (Wildman–Crippen LogP) is 0.745. The van der Waals surface area contributed by atoms with Gasteiger partial charge in [0.1, 0.15) is 0 Å². The minimum Gasteiger partial charge on any atom is -0.347 e. The lowest BCUT2D eigenvalue weighted by Crippen LogP contribution is -3.14. The Hall–Kier alpha value is -1.40. The van der Waals surface area contributed by atoms with Crippen molar-refractivity contribution in [2.75, 3.05) is 19.6 Å². The van der Waals surface area contributed by atoms with Gasteiger partial charge in [-0.25, -0.2) is 0 Å². The first-order valence-electron chi connectivity index (χ1n) is 7.68. The molecule has 22 heavy (non-hydrogen) atoms. The zero-order valence-corrected chi connectivity index (χ0v) is 15.0. The first-order valence-corrected chi connectivity index (χ1v) is 8.56. The highest BCUT2D eigenvalue weighted by Gasteiger charge is 2.21. The number of hydrogen-bond donors (Lipinski definition) is 3. The molecule has 6 heteroatoms. The van der Waals surface area contributed by atoms with Crippen LogP contribution in [-0.4, -0.2) is 37.0 Å². The molecule has 0 radical (unpaired) electrons. The van der Waals surface area contributed by atoms with Gasteiger partial charge >= 0.3 is 0 Å². The second-order valence-electron chi connectivity index (χ2n) is 6.56.